The average molecular weight is 242 g/mol. The van der Waals surface area contributed by atoms with Crippen molar-refractivity contribution in [1.82, 2.24) is 0 Å². The van der Waals surface area contributed by atoms with E-state index in [9.17, 15) is 8.42 Å². The molecule has 0 aliphatic heterocycles. The van der Waals surface area contributed by atoms with E-state index in [-0.39, 0.29) is 22.0 Å². The van der Waals surface area contributed by atoms with Gasteiger partial charge in [0.2, 0.25) is 0 Å². The lowest BCUT2D eigenvalue weighted by Crippen LogP contribution is -2.29. The molecule has 0 aliphatic rings. The smallest absolute Gasteiger partial charge is 0.423 e. The molecule has 0 spiro atoms. The van der Waals surface area contributed by atoms with Crippen LogP contribution in [-0.2, 0) is 9.84 Å². The molecular weight excluding hydrogens is 227 g/mol. The van der Waals surface area contributed by atoms with Crippen molar-refractivity contribution in [3.05, 3.63) is 24.3 Å². The van der Waals surface area contributed by atoms with Gasteiger partial charge in [-0.1, -0.05) is 26.0 Å². The predicted octanol–water partition coefficient (Wildman–Crippen LogP) is -0.204. The second-order valence-electron chi connectivity index (χ2n) is 4.12. The summed E-state index contributed by atoms with van der Waals surface area (Å²) in [6.07, 6.45) is 0. The molecule has 1 rings (SSSR count). The molecule has 0 saturated carbocycles. The molecule has 6 heteroatoms. The van der Waals surface area contributed by atoms with Crippen LogP contribution < -0.4 is 5.46 Å². The van der Waals surface area contributed by atoms with Crippen molar-refractivity contribution in [2.24, 2.45) is 5.92 Å². The van der Waals surface area contributed by atoms with Crippen molar-refractivity contribution >= 4 is 22.4 Å². The van der Waals surface area contributed by atoms with E-state index in [1.165, 1.54) is 24.3 Å². The summed E-state index contributed by atoms with van der Waals surface area (Å²) in [6, 6.07) is 5.59. The first-order chi connectivity index (χ1) is 7.33. The van der Waals surface area contributed by atoms with Crippen molar-refractivity contribution in [2.45, 2.75) is 18.7 Å². The highest BCUT2D eigenvalue weighted by molar-refractivity contribution is 7.91. The zero-order valence-electron chi connectivity index (χ0n) is 9.29. The first-order valence-corrected chi connectivity index (χ1v) is 6.67. The maximum Gasteiger partial charge on any atom is 0.488 e. The third-order valence-corrected chi connectivity index (χ3v) is 4.19. The Morgan fingerprint density at radius 1 is 1.19 bits per heavy atom. The topological polar surface area (TPSA) is 74.6 Å². The fourth-order valence-corrected chi connectivity index (χ4v) is 3.00. The zero-order valence-corrected chi connectivity index (χ0v) is 10.1. The van der Waals surface area contributed by atoms with Crippen LogP contribution in [0.4, 0.5) is 0 Å². The summed E-state index contributed by atoms with van der Waals surface area (Å²) in [5.74, 6) is 0.154. The molecule has 0 amide bonds. The quantitative estimate of drug-likeness (QED) is 0.717. The van der Waals surface area contributed by atoms with Gasteiger partial charge in [0.25, 0.3) is 0 Å². The van der Waals surface area contributed by atoms with E-state index in [0.717, 1.165) is 0 Å². The molecule has 0 aromatic heterocycles. The molecule has 2 N–H and O–H groups in total. The van der Waals surface area contributed by atoms with Crippen LogP contribution in [0.3, 0.4) is 0 Å². The van der Waals surface area contributed by atoms with Crippen molar-refractivity contribution < 1.29 is 18.5 Å². The second-order valence-corrected chi connectivity index (χ2v) is 6.15. The predicted molar refractivity (Wildman–Crippen MR) is 63.2 cm³/mol. The summed E-state index contributed by atoms with van der Waals surface area (Å²) in [5, 5.41) is 17.7. The van der Waals surface area contributed by atoms with E-state index in [4.69, 9.17) is 10.0 Å². The van der Waals surface area contributed by atoms with Crippen LogP contribution in [0.1, 0.15) is 13.8 Å². The highest BCUT2D eigenvalue weighted by Crippen LogP contribution is 2.12. The van der Waals surface area contributed by atoms with Crippen molar-refractivity contribution in [3.8, 4) is 0 Å². The van der Waals surface area contributed by atoms with Crippen molar-refractivity contribution in [3.63, 3.8) is 0 Å². The standard InChI is InChI=1S/C10H15BO4S/c1-8(2)7-16(14,15)10-5-3-9(4-6-10)11(12)13/h3-6,8,12-13H,7H2,1-2H3. The lowest BCUT2D eigenvalue weighted by molar-refractivity contribution is 0.425. The van der Waals surface area contributed by atoms with E-state index in [1.54, 1.807) is 0 Å². The van der Waals surface area contributed by atoms with E-state index in [0.29, 0.717) is 0 Å². The third kappa shape index (κ3) is 3.33. The first-order valence-electron chi connectivity index (χ1n) is 5.02. The van der Waals surface area contributed by atoms with E-state index >= 15 is 0 Å². The van der Waals surface area contributed by atoms with Crippen LogP contribution in [0.25, 0.3) is 0 Å². The molecule has 4 nitrogen and oxygen atoms in total. The van der Waals surface area contributed by atoms with Gasteiger partial charge < -0.3 is 10.0 Å². The Morgan fingerprint density at radius 3 is 2.06 bits per heavy atom. The Labute approximate surface area is 96.0 Å². The number of rotatable bonds is 4. The van der Waals surface area contributed by atoms with Gasteiger partial charge >= 0.3 is 7.12 Å². The molecule has 16 heavy (non-hydrogen) atoms. The first kappa shape index (κ1) is 13.2. The van der Waals surface area contributed by atoms with Crippen LogP contribution in [0.2, 0.25) is 0 Å². The minimum atomic E-state index is -3.27. The molecule has 0 aliphatic carbocycles. The van der Waals surface area contributed by atoms with Gasteiger partial charge in [-0.05, 0) is 23.5 Å². The van der Waals surface area contributed by atoms with Crippen molar-refractivity contribution in [2.75, 3.05) is 5.75 Å². The Hall–Kier alpha value is -0.845. The molecule has 0 heterocycles. The zero-order chi connectivity index (χ0) is 12.3. The average Bonchev–Trinajstić information content (AvgIpc) is 2.16. The largest absolute Gasteiger partial charge is 0.488 e. The second kappa shape index (κ2) is 4.99. The summed E-state index contributed by atoms with van der Waals surface area (Å²) in [7, 11) is -4.83. The number of sulfone groups is 1. The Morgan fingerprint density at radius 2 is 1.69 bits per heavy atom. The Balaban J connectivity index is 2.98. The van der Waals surface area contributed by atoms with Gasteiger partial charge in [0.05, 0.1) is 10.6 Å². The lowest BCUT2D eigenvalue weighted by atomic mass is 9.81. The van der Waals surface area contributed by atoms with Crippen LogP contribution in [0, 0.1) is 5.92 Å². The number of hydrogen-bond donors (Lipinski definition) is 2. The van der Waals surface area contributed by atoms with Gasteiger partial charge in [0.15, 0.2) is 9.84 Å². The number of hydrogen-bond acceptors (Lipinski definition) is 4. The summed E-state index contributed by atoms with van der Waals surface area (Å²) in [5.41, 5.74) is 0.281. The monoisotopic (exact) mass is 242 g/mol. The van der Waals surface area contributed by atoms with E-state index < -0.39 is 17.0 Å². The highest BCUT2D eigenvalue weighted by Gasteiger charge is 2.17. The van der Waals surface area contributed by atoms with Gasteiger partial charge in [0, 0.05) is 0 Å². The minimum absolute atomic E-state index is 0.0631. The molecule has 0 radical (unpaired) electrons. The molecule has 0 bridgehead atoms. The molecule has 0 atom stereocenters. The van der Waals surface area contributed by atoms with Crippen LogP contribution >= 0.6 is 0 Å². The normalized spacial score (nSPS) is 11.8. The molecule has 0 unspecified atom stereocenters. The molecule has 0 fully saturated rings. The Bertz CT molecular complexity index is 436. The summed E-state index contributed by atoms with van der Waals surface area (Å²) in [4.78, 5) is 0.214. The fourth-order valence-electron chi connectivity index (χ4n) is 1.38. The molecule has 1 aromatic rings. The van der Waals surface area contributed by atoms with Crippen LogP contribution in [0.5, 0.6) is 0 Å². The van der Waals surface area contributed by atoms with Crippen molar-refractivity contribution in [1.29, 1.82) is 0 Å². The maximum absolute atomic E-state index is 11.8. The maximum atomic E-state index is 11.8. The van der Waals surface area contributed by atoms with Gasteiger partial charge in [0.1, 0.15) is 0 Å². The van der Waals surface area contributed by atoms with E-state index in [2.05, 4.69) is 0 Å². The summed E-state index contributed by atoms with van der Waals surface area (Å²) >= 11 is 0. The molecule has 88 valence electrons. The molecular formula is C10H15BO4S. The summed E-state index contributed by atoms with van der Waals surface area (Å²) < 4.78 is 23.6. The minimum Gasteiger partial charge on any atom is -0.423 e. The molecule has 0 saturated heterocycles. The lowest BCUT2D eigenvalue weighted by Gasteiger charge is -2.07. The van der Waals surface area contributed by atoms with Gasteiger partial charge in [-0.15, -0.1) is 0 Å². The Kier molecular flexibility index (Phi) is 4.12. The number of benzene rings is 1. The SMILES string of the molecule is CC(C)CS(=O)(=O)c1ccc(B(O)O)cc1. The third-order valence-electron chi connectivity index (χ3n) is 2.09. The van der Waals surface area contributed by atoms with E-state index in [1.807, 2.05) is 13.8 Å². The van der Waals surface area contributed by atoms with Gasteiger partial charge in [-0.25, -0.2) is 8.42 Å². The summed E-state index contributed by atoms with van der Waals surface area (Å²) in [6.45, 7) is 3.67. The van der Waals surface area contributed by atoms with Crippen LogP contribution in [-0.4, -0.2) is 31.3 Å². The highest BCUT2D eigenvalue weighted by atomic mass is 32.2. The fraction of sp³-hybridized carbons (Fsp3) is 0.400. The van der Waals surface area contributed by atoms with Gasteiger partial charge in [-0.3, -0.25) is 0 Å². The van der Waals surface area contributed by atoms with Gasteiger partial charge in [-0.2, -0.15) is 0 Å². The molecule has 1 aromatic carbocycles. The van der Waals surface area contributed by atoms with Crippen LogP contribution in [0.15, 0.2) is 29.2 Å².